The molecule has 1 aliphatic rings. The van der Waals surface area contributed by atoms with E-state index in [-0.39, 0.29) is 17.0 Å². The number of rotatable bonds is 6. The van der Waals surface area contributed by atoms with E-state index in [0.29, 0.717) is 12.5 Å². The normalized spacial score (nSPS) is 15.4. The van der Waals surface area contributed by atoms with E-state index in [2.05, 4.69) is 0 Å². The summed E-state index contributed by atoms with van der Waals surface area (Å²) < 4.78 is 40.1. The lowest BCUT2D eigenvalue weighted by Crippen LogP contribution is -2.32. The molecule has 21 heavy (non-hydrogen) atoms. The van der Waals surface area contributed by atoms with Crippen LogP contribution in [0, 0.1) is 28.8 Å². The Labute approximate surface area is 122 Å². The van der Waals surface area contributed by atoms with Gasteiger partial charge in [-0.05, 0) is 37.3 Å². The quantitative estimate of drug-likeness (QED) is 0.596. The van der Waals surface area contributed by atoms with Crippen LogP contribution in [0.15, 0.2) is 17.0 Å². The molecule has 1 fully saturated rings. The van der Waals surface area contributed by atoms with Crippen LogP contribution >= 0.6 is 0 Å². The van der Waals surface area contributed by atoms with Gasteiger partial charge in [0.25, 0.3) is 0 Å². The second-order valence-corrected chi connectivity index (χ2v) is 7.17. The zero-order valence-electron chi connectivity index (χ0n) is 11.9. The van der Waals surface area contributed by atoms with Crippen molar-refractivity contribution in [2.75, 3.05) is 13.1 Å². The Morgan fingerprint density at radius 1 is 1.43 bits per heavy atom. The molecule has 2 rings (SSSR count). The second-order valence-electron chi connectivity index (χ2n) is 5.23. The maximum Gasteiger partial charge on any atom is 0.306 e. The Balaban J connectivity index is 2.45. The van der Waals surface area contributed by atoms with E-state index >= 15 is 0 Å². The van der Waals surface area contributed by atoms with E-state index in [9.17, 15) is 22.9 Å². The number of sulfonamides is 1. The highest BCUT2D eigenvalue weighted by Gasteiger charge is 2.32. The first kappa shape index (κ1) is 15.8. The molecule has 0 aromatic heterocycles. The maximum atomic E-state index is 13.7. The molecule has 0 spiro atoms. The highest BCUT2D eigenvalue weighted by molar-refractivity contribution is 7.89. The van der Waals surface area contributed by atoms with Gasteiger partial charge in [0.1, 0.15) is 0 Å². The molecule has 0 radical (unpaired) electrons. The number of aryl methyl sites for hydroxylation is 1. The molecule has 0 atom stereocenters. The van der Waals surface area contributed by atoms with Crippen molar-refractivity contribution in [3.63, 3.8) is 0 Å². The van der Waals surface area contributed by atoms with Crippen molar-refractivity contribution in [3.05, 3.63) is 33.6 Å². The highest BCUT2D eigenvalue weighted by atomic mass is 32.2. The van der Waals surface area contributed by atoms with Gasteiger partial charge >= 0.3 is 5.69 Å². The van der Waals surface area contributed by atoms with Gasteiger partial charge in [0, 0.05) is 19.2 Å². The average Bonchev–Trinajstić information content (AvgIpc) is 3.22. The van der Waals surface area contributed by atoms with Gasteiger partial charge in [-0.1, -0.05) is 6.92 Å². The van der Waals surface area contributed by atoms with Crippen molar-refractivity contribution in [1.29, 1.82) is 0 Å². The van der Waals surface area contributed by atoms with Crippen LogP contribution in [0.2, 0.25) is 0 Å². The summed E-state index contributed by atoms with van der Waals surface area (Å²) in [6, 6.07) is 1.94. The zero-order chi connectivity index (χ0) is 15.8. The van der Waals surface area contributed by atoms with E-state index in [4.69, 9.17) is 0 Å². The third-order valence-electron chi connectivity index (χ3n) is 3.55. The Bertz CT molecular complexity index is 671. The molecule has 0 unspecified atom stereocenters. The fourth-order valence-electron chi connectivity index (χ4n) is 2.13. The van der Waals surface area contributed by atoms with Crippen molar-refractivity contribution in [1.82, 2.24) is 4.31 Å². The summed E-state index contributed by atoms with van der Waals surface area (Å²) in [6.45, 7) is 3.72. The monoisotopic (exact) mass is 316 g/mol. The summed E-state index contributed by atoms with van der Waals surface area (Å²) >= 11 is 0. The minimum absolute atomic E-state index is 0.0507. The molecule has 1 aromatic rings. The molecule has 6 nitrogen and oxygen atoms in total. The van der Waals surface area contributed by atoms with Crippen LogP contribution in [0.1, 0.15) is 25.3 Å². The third kappa shape index (κ3) is 3.21. The molecular weight excluding hydrogens is 299 g/mol. The van der Waals surface area contributed by atoms with Crippen LogP contribution in [0.5, 0.6) is 0 Å². The molecule has 8 heteroatoms. The first-order valence-corrected chi connectivity index (χ1v) is 8.16. The molecule has 0 heterocycles. The summed E-state index contributed by atoms with van der Waals surface area (Å²) in [5.74, 6) is -0.638. The minimum atomic E-state index is -3.84. The summed E-state index contributed by atoms with van der Waals surface area (Å²) in [6.07, 6.45) is 1.99. The fraction of sp³-hybridized carbons (Fsp3) is 0.538. The van der Waals surface area contributed by atoms with Crippen LogP contribution in [0.3, 0.4) is 0 Å². The van der Waals surface area contributed by atoms with Crippen molar-refractivity contribution >= 4 is 15.7 Å². The molecule has 0 bridgehead atoms. The Morgan fingerprint density at radius 3 is 2.52 bits per heavy atom. The van der Waals surface area contributed by atoms with Crippen molar-refractivity contribution in [2.45, 2.75) is 31.6 Å². The summed E-state index contributed by atoms with van der Waals surface area (Å²) in [5.41, 5.74) is -0.860. The number of nitro groups is 1. The number of hydrogen-bond acceptors (Lipinski definition) is 4. The Morgan fingerprint density at radius 2 is 2.05 bits per heavy atom. The van der Waals surface area contributed by atoms with Gasteiger partial charge < -0.3 is 0 Å². The number of hydrogen-bond donors (Lipinski definition) is 0. The summed E-state index contributed by atoms with van der Waals surface area (Å²) in [5, 5.41) is 10.8. The minimum Gasteiger partial charge on any atom is -0.258 e. The average molecular weight is 316 g/mol. The van der Waals surface area contributed by atoms with E-state index in [0.717, 1.165) is 25.0 Å². The lowest BCUT2D eigenvalue weighted by Gasteiger charge is -2.20. The van der Waals surface area contributed by atoms with Crippen LogP contribution in [-0.4, -0.2) is 30.7 Å². The highest BCUT2D eigenvalue weighted by Crippen LogP contribution is 2.32. The largest absolute Gasteiger partial charge is 0.306 e. The van der Waals surface area contributed by atoms with Gasteiger partial charge in [-0.25, -0.2) is 8.42 Å². The van der Waals surface area contributed by atoms with Crippen molar-refractivity contribution in [3.8, 4) is 0 Å². The molecule has 0 aliphatic heterocycles. The third-order valence-corrected chi connectivity index (χ3v) is 5.47. The van der Waals surface area contributed by atoms with Gasteiger partial charge in [0.2, 0.25) is 15.8 Å². The van der Waals surface area contributed by atoms with Crippen LogP contribution < -0.4 is 0 Å². The molecule has 1 saturated carbocycles. The number of nitrogens with zero attached hydrogens (tertiary/aromatic N) is 2. The van der Waals surface area contributed by atoms with Crippen LogP contribution in [-0.2, 0) is 10.0 Å². The van der Waals surface area contributed by atoms with Gasteiger partial charge in [0.15, 0.2) is 0 Å². The van der Waals surface area contributed by atoms with E-state index in [1.165, 1.54) is 11.2 Å². The number of halogens is 1. The number of nitro benzene ring substituents is 1. The summed E-state index contributed by atoms with van der Waals surface area (Å²) in [7, 11) is -3.84. The number of benzene rings is 1. The van der Waals surface area contributed by atoms with Crippen LogP contribution in [0.25, 0.3) is 0 Å². The fourth-order valence-corrected chi connectivity index (χ4v) is 3.77. The van der Waals surface area contributed by atoms with Gasteiger partial charge in [-0.3, -0.25) is 10.1 Å². The first-order valence-electron chi connectivity index (χ1n) is 6.72. The Kier molecular flexibility index (Phi) is 4.29. The van der Waals surface area contributed by atoms with E-state index in [1.807, 2.05) is 0 Å². The Hall–Kier alpha value is -1.54. The standard InChI is InChI=1S/C13H17FN2O4S/c1-3-15(8-10-4-5-10)21(19,20)11-6-9(2)13(14)12(7-11)16(17)18/h6-7,10H,3-5,8H2,1-2H3. The molecule has 0 amide bonds. The maximum absolute atomic E-state index is 13.7. The van der Waals surface area contributed by atoms with Crippen molar-refractivity contribution < 1.29 is 17.7 Å². The van der Waals surface area contributed by atoms with Crippen LogP contribution in [0.4, 0.5) is 10.1 Å². The smallest absolute Gasteiger partial charge is 0.258 e. The lowest BCUT2D eigenvalue weighted by molar-refractivity contribution is -0.387. The van der Waals surface area contributed by atoms with Crippen molar-refractivity contribution in [2.24, 2.45) is 5.92 Å². The molecule has 0 N–H and O–H groups in total. The SMILES string of the molecule is CCN(CC1CC1)S(=O)(=O)c1cc(C)c(F)c([N+](=O)[O-])c1. The predicted molar refractivity (Wildman–Crippen MR) is 74.9 cm³/mol. The molecule has 1 aromatic carbocycles. The molecular formula is C13H17FN2O4S. The molecule has 116 valence electrons. The lowest BCUT2D eigenvalue weighted by atomic mass is 10.2. The van der Waals surface area contributed by atoms with Gasteiger partial charge in [-0.15, -0.1) is 0 Å². The predicted octanol–water partition coefficient (Wildman–Crippen LogP) is 2.46. The second kappa shape index (κ2) is 5.69. The topological polar surface area (TPSA) is 80.5 Å². The van der Waals surface area contributed by atoms with E-state index < -0.39 is 26.5 Å². The van der Waals surface area contributed by atoms with E-state index in [1.54, 1.807) is 6.92 Å². The molecule has 1 aliphatic carbocycles. The molecule has 0 saturated heterocycles. The first-order chi connectivity index (χ1) is 9.77. The zero-order valence-corrected chi connectivity index (χ0v) is 12.7. The van der Waals surface area contributed by atoms with Gasteiger partial charge in [-0.2, -0.15) is 8.70 Å². The summed E-state index contributed by atoms with van der Waals surface area (Å²) in [4.78, 5) is 9.71. The van der Waals surface area contributed by atoms with Gasteiger partial charge in [0.05, 0.1) is 9.82 Å².